The van der Waals surface area contributed by atoms with Crippen LogP contribution in [0, 0.1) is 0 Å². The number of hydrogen-bond acceptors (Lipinski definition) is 7. The predicted molar refractivity (Wildman–Crippen MR) is 110 cm³/mol. The van der Waals surface area contributed by atoms with Gasteiger partial charge in [-0.1, -0.05) is 36.1 Å². The van der Waals surface area contributed by atoms with E-state index in [0.29, 0.717) is 23.2 Å². The van der Waals surface area contributed by atoms with Gasteiger partial charge in [-0.05, 0) is 31.9 Å². The number of thiocarbonyl (C=S) groups is 1. The van der Waals surface area contributed by atoms with E-state index in [1.165, 1.54) is 11.8 Å². The number of carbonyl (C=O) groups excluding carboxylic acids is 3. The number of anilines is 1. The molecule has 2 unspecified atom stereocenters. The molecular weight excluding hydrogens is 400 g/mol. The summed E-state index contributed by atoms with van der Waals surface area (Å²) in [6, 6.07) is 6.62. The molecule has 2 saturated heterocycles. The topological polar surface area (TPSA) is 84.9 Å². The van der Waals surface area contributed by atoms with Gasteiger partial charge in [0.25, 0.3) is 0 Å². The maximum Gasteiger partial charge on any atom is 0.340 e. The summed E-state index contributed by atoms with van der Waals surface area (Å²) in [5.41, 5.74) is 0.638. The molecule has 0 aliphatic carbocycles. The highest BCUT2D eigenvalue weighted by molar-refractivity contribution is 8.24. The first-order valence-electron chi connectivity index (χ1n) is 9.19. The van der Waals surface area contributed by atoms with Gasteiger partial charge in [0.15, 0.2) is 0 Å². The van der Waals surface area contributed by atoms with Gasteiger partial charge in [0.1, 0.15) is 4.32 Å². The van der Waals surface area contributed by atoms with E-state index < -0.39 is 11.2 Å². The van der Waals surface area contributed by atoms with Gasteiger partial charge >= 0.3 is 5.97 Å². The Hall–Kier alpha value is -1.97. The minimum atomic E-state index is -0.566. The second kappa shape index (κ2) is 9.49. The molecule has 1 aromatic rings. The van der Waals surface area contributed by atoms with Crippen molar-refractivity contribution in [2.24, 2.45) is 0 Å². The maximum absolute atomic E-state index is 12.7. The Labute approximate surface area is 173 Å². The first kappa shape index (κ1) is 20.8. The molecule has 1 N–H and O–H groups in total. The normalized spacial score (nSPS) is 21.8. The molecule has 150 valence electrons. The molecule has 0 radical (unpaired) electrons. The number of hydrogen-bond donors (Lipinski definition) is 1. The van der Waals surface area contributed by atoms with Gasteiger partial charge in [-0.15, -0.1) is 0 Å². The van der Waals surface area contributed by atoms with Crippen LogP contribution in [-0.2, 0) is 19.1 Å². The molecule has 28 heavy (non-hydrogen) atoms. The van der Waals surface area contributed by atoms with Gasteiger partial charge in [-0.3, -0.25) is 14.5 Å². The maximum atomic E-state index is 12.7. The van der Waals surface area contributed by atoms with Crippen molar-refractivity contribution in [2.45, 2.75) is 37.5 Å². The van der Waals surface area contributed by atoms with E-state index in [0.717, 1.165) is 12.8 Å². The van der Waals surface area contributed by atoms with Crippen LogP contribution >= 0.6 is 24.0 Å². The number of amides is 2. The highest BCUT2D eigenvalue weighted by atomic mass is 32.2. The van der Waals surface area contributed by atoms with Crippen LogP contribution in [0.5, 0.6) is 0 Å². The molecule has 1 aromatic carbocycles. The lowest BCUT2D eigenvalue weighted by molar-refractivity contribution is -0.129. The van der Waals surface area contributed by atoms with Crippen molar-refractivity contribution < 1.29 is 23.9 Å². The minimum absolute atomic E-state index is 0.00605. The largest absolute Gasteiger partial charge is 0.462 e. The quantitative estimate of drug-likeness (QED) is 0.534. The molecule has 2 amide bonds. The summed E-state index contributed by atoms with van der Waals surface area (Å²) < 4.78 is 11.1. The van der Waals surface area contributed by atoms with E-state index in [1.807, 2.05) is 0 Å². The van der Waals surface area contributed by atoms with Crippen LogP contribution in [0.3, 0.4) is 0 Å². The van der Waals surface area contributed by atoms with Crippen molar-refractivity contribution >= 4 is 51.8 Å². The molecule has 0 spiro atoms. The smallest absolute Gasteiger partial charge is 0.340 e. The average Bonchev–Trinajstić information content (AvgIpc) is 3.27. The Kier molecular flexibility index (Phi) is 7.03. The fraction of sp³-hybridized carbons (Fsp3) is 0.474. The third kappa shape index (κ3) is 4.89. The number of para-hydroxylation sites is 1. The lowest BCUT2D eigenvalue weighted by Crippen LogP contribution is -2.38. The van der Waals surface area contributed by atoms with Crippen LogP contribution in [0.1, 0.15) is 36.5 Å². The van der Waals surface area contributed by atoms with E-state index in [1.54, 1.807) is 36.1 Å². The molecule has 2 aliphatic rings. The monoisotopic (exact) mass is 422 g/mol. The SMILES string of the molecule is CCOC(=O)c1ccccc1NC(=O)CC1SC(=S)N(CC2CCCO2)C1=O. The molecule has 7 nitrogen and oxygen atoms in total. The molecule has 0 saturated carbocycles. The molecule has 2 atom stereocenters. The van der Waals surface area contributed by atoms with E-state index in [-0.39, 0.29) is 36.5 Å². The number of thioether (sulfide) groups is 1. The summed E-state index contributed by atoms with van der Waals surface area (Å²) in [6.07, 6.45) is 1.88. The summed E-state index contributed by atoms with van der Waals surface area (Å²) >= 11 is 6.54. The highest BCUT2D eigenvalue weighted by Crippen LogP contribution is 2.31. The molecule has 2 fully saturated rings. The Bertz CT molecular complexity index is 779. The number of esters is 1. The summed E-state index contributed by atoms with van der Waals surface area (Å²) in [6.45, 7) is 3.10. The van der Waals surface area contributed by atoms with Crippen molar-refractivity contribution in [2.75, 3.05) is 25.1 Å². The van der Waals surface area contributed by atoms with Crippen LogP contribution in [0.25, 0.3) is 0 Å². The predicted octanol–water partition coefficient (Wildman–Crippen LogP) is 2.60. The minimum Gasteiger partial charge on any atom is -0.462 e. The van der Waals surface area contributed by atoms with Crippen LogP contribution in [0.15, 0.2) is 24.3 Å². The lowest BCUT2D eigenvalue weighted by Gasteiger charge is -2.19. The van der Waals surface area contributed by atoms with Crippen molar-refractivity contribution in [3.63, 3.8) is 0 Å². The second-order valence-electron chi connectivity index (χ2n) is 6.47. The van der Waals surface area contributed by atoms with E-state index >= 15 is 0 Å². The van der Waals surface area contributed by atoms with Crippen molar-refractivity contribution in [1.29, 1.82) is 0 Å². The van der Waals surface area contributed by atoms with Gasteiger partial charge in [-0.25, -0.2) is 4.79 Å². The third-order valence-corrected chi connectivity index (χ3v) is 6.07. The molecule has 0 aromatic heterocycles. The first-order chi connectivity index (χ1) is 13.5. The molecule has 2 aliphatic heterocycles. The van der Waals surface area contributed by atoms with E-state index in [2.05, 4.69) is 5.32 Å². The van der Waals surface area contributed by atoms with Gasteiger partial charge in [-0.2, -0.15) is 0 Å². The number of nitrogens with zero attached hydrogens (tertiary/aromatic N) is 1. The number of benzene rings is 1. The van der Waals surface area contributed by atoms with E-state index in [4.69, 9.17) is 21.7 Å². The van der Waals surface area contributed by atoms with Crippen molar-refractivity contribution in [1.82, 2.24) is 4.90 Å². The fourth-order valence-electron chi connectivity index (χ4n) is 3.13. The number of nitrogens with one attached hydrogen (secondary N) is 1. The molecule has 3 rings (SSSR count). The van der Waals surface area contributed by atoms with Crippen LogP contribution in [0.2, 0.25) is 0 Å². The van der Waals surface area contributed by atoms with Crippen LogP contribution < -0.4 is 5.32 Å². The molecule has 2 heterocycles. The van der Waals surface area contributed by atoms with Crippen molar-refractivity contribution in [3.05, 3.63) is 29.8 Å². The van der Waals surface area contributed by atoms with Gasteiger partial charge < -0.3 is 14.8 Å². The van der Waals surface area contributed by atoms with Gasteiger partial charge in [0.2, 0.25) is 11.8 Å². The molecule has 9 heteroatoms. The van der Waals surface area contributed by atoms with Crippen LogP contribution in [0.4, 0.5) is 5.69 Å². The summed E-state index contributed by atoms with van der Waals surface area (Å²) in [7, 11) is 0. The summed E-state index contributed by atoms with van der Waals surface area (Å²) in [5, 5.41) is 2.14. The Morgan fingerprint density at radius 3 is 2.89 bits per heavy atom. The second-order valence-corrected chi connectivity index (χ2v) is 8.31. The third-order valence-electron chi connectivity index (χ3n) is 4.48. The molecule has 0 bridgehead atoms. The van der Waals surface area contributed by atoms with Gasteiger partial charge in [0, 0.05) is 13.0 Å². The average molecular weight is 423 g/mol. The Morgan fingerprint density at radius 1 is 1.39 bits per heavy atom. The first-order valence-corrected chi connectivity index (χ1v) is 10.5. The molecular formula is C19H22N2O5S2. The standard InChI is InChI=1S/C19H22N2O5S2/c1-2-25-18(24)13-7-3-4-8-14(13)20-16(22)10-15-17(23)21(19(27)28-15)11-12-6-5-9-26-12/h3-4,7-8,12,15H,2,5-6,9-11H2,1H3,(H,20,22). The fourth-order valence-corrected chi connectivity index (χ4v) is 4.64. The zero-order chi connectivity index (χ0) is 20.1. The highest BCUT2D eigenvalue weighted by Gasteiger charge is 2.39. The number of rotatable bonds is 7. The summed E-state index contributed by atoms with van der Waals surface area (Å²) in [4.78, 5) is 38.7. The zero-order valence-electron chi connectivity index (χ0n) is 15.5. The number of carbonyl (C=O) groups is 3. The van der Waals surface area contributed by atoms with Gasteiger partial charge in [0.05, 0.1) is 35.8 Å². The van der Waals surface area contributed by atoms with E-state index in [9.17, 15) is 14.4 Å². The Balaban J connectivity index is 1.60. The summed E-state index contributed by atoms with van der Waals surface area (Å²) in [5.74, 6) is -1.03. The number of ether oxygens (including phenoxy) is 2. The van der Waals surface area contributed by atoms with Crippen molar-refractivity contribution in [3.8, 4) is 0 Å². The Morgan fingerprint density at radius 2 is 2.18 bits per heavy atom. The zero-order valence-corrected chi connectivity index (χ0v) is 17.1. The van der Waals surface area contributed by atoms with Crippen LogP contribution in [-0.4, -0.2) is 58.1 Å². The lowest BCUT2D eigenvalue weighted by atomic mass is 10.1.